The Morgan fingerprint density at radius 2 is 1.95 bits per heavy atom. The van der Waals surface area contributed by atoms with Gasteiger partial charge in [0, 0.05) is 5.92 Å². The second-order valence-electron chi connectivity index (χ2n) is 6.02. The number of aliphatic carboxylic acids is 1. The van der Waals surface area contributed by atoms with Crippen molar-refractivity contribution in [2.24, 2.45) is 5.92 Å². The zero-order valence-corrected chi connectivity index (χ0v) is 12.2. The molecule has 0 spiro atoms. The van der Waals surface area contributed by atoms with Crippen LogP contribution < -0.4 is 4.74 Å². The summed E-state index contributed by atoms with van der Waals surface area (Å²) in [6, 6.07) is 8.16. The van der Waals surface area contributed by atoms with E-state index in [1.165, 1.54) is 5.56 Å². The summed E-state index contributed by atoms with van der Waals surface area (Å²) < 4.78 is 11.7. The molecule has 2 aliphatic rings. The first kappa shape index (κ1) is 14.4. The van der Waals surface area contributed by atoms with Gasteiger partial charge in [0.15, 0.2) is 0 Å². The van der Waals surface area contributed by atoms with Crippen molar-refractivity contribution in [2.75, 3.05) is 13.2 Å². The number of rotatable bonds is 4. The van der Waals surface area contributed by atoms with E-state index in [1.54, 1.807) is 0 Å². The Kier molecular flexibility index (Phi) is 4.44. The number of fused-ring (bicyclic) bond motifs is 1. The molecule has 0 bridgehead atoms. The summed E-state index contributed by atoms with van der Waals surface area (Å²) in [5.41, 5.74) is 1.24. The van der Waals surface area contributed by atoms with Crippen molar-refractivity contribution in [3.8, 4) is 5.75 Å². The Morgan fingerprint density at radius 3 is 2.71 bits per heavy atom. The molecule has 1 aliphatic heterocycles. The van der Waals surface area contributed by atoms with Gasteiger partial charge in [0.25, 0.3) is 0 Å². The minimum Gasteiger partial charge on any atom is -0.493 e. The van der Waals surface area contributed by atoms with Gasteiger partial charge in [-0.1, -0.05) is 18.2 Å². The number of benzene rings is 1. The van der Waals surface area contributed by atoms with Gasteiger partial charge in [-0.15, -0.1) is 0 Å². The van der Waals surface area contributed by atoms with Crippen LogP contribution >= 0.6 is 0 Å². The fraction of sp³-hybridized carbons (Fsp3) is 0.588. The van der Waals surface area contributed by atoms with Crippen molar-refractivity contribution < 1.29 is 19.4 Å². The van der Waals surface area contributed by atoms with E-state index >= 15 is 0 Å². The lowest BCUT2D eigenvalue weighted by Crippen LogP contribution is -2.28. The summed E-state index contributed by atoms with van der Waals surface area (Å²) in [4.78, 5) is 10.9. The molecule has 4 nitrogen and oxygen atoms in total. The van der Waals surface area contributed by atoms with Crippen molar-refractivity contribution in [2.45, 2.75) is 44.1 Å². The van der Waals surface area contributed by atoms with Gasteiger partial charge in [-0.25, -0.2) is 0 Å². The monoisotopic (exact) mass is 290 g/mol. The maximum Gasteiger partial charge on any atom is 0.306 e. The molecule has 114 valence electrons. The molecule has 1 saturated carbocycles. The molecule has 1 atom stereocenters. The average Bonchev–Trinajstić information content (AvgIpc) is 2.53. The summed E-state index contributed by atoms with van der Waals surface area (Å²) >= 11 is 0. The Morgan fingerprint density at radius 1 is 1.19 bits per heavy atom. The highest BCUT2D eigenvalue weighted by Gasteiger charge is 2.28. The van der Waals surface area contributed by atoms with Gasteiger partial charge >= 0.3 is 5.97 Å². The topological polar surface area (TPSA) is 55.8 Å². The summed E-state index contributed by atoms with van der Waals surface area (Å²) in [5.74, 6) is 0.541. The number of ether oxygens (including phenoxy) is 2. The van der Waals surface area contributed by atoms with Crippen molar-refractivity contribution in [1.29, 1.82) is 0 Å². The molecule has 0 radical (unpaired) electrons. The Hall–Kier alpha value is -1.55. The smallest absolute Gasteiger partial charge is 0.306 e. The van der Waals surface area contributed by atoms with Crippen molar-refractivity contribution in [1.82, 2.24) is 0 Å². The lowest BCUT2D eigenvalue weighted by molar-refractivity contribution is -0.143. The molecule has 1 aromatic rings. The minimum atomic E-state index is -0.660. The van der Waals surface area contributed by atoms with Gasteiger partial charge in [0.2, 0.25) is 0 Å². The number of hydrogen-bond donors (Lipinski definition) is 1. The van der Waals surface area contributed by atoms with Crippen LogP contribution in [-0.2, 0) is 9.53 Å². The standard InChI is InChI=1S/C17H22O4/c18-17(19)12-5-7-14(8-6-12)21-11-13-9-10-20-16-4-2-1-3-15(13)16/h1-4,12-14H,5-11H2,(H,18,19). The van der Waals surface area contributed by atoms with Crippen LogP contribution in [0.5, 0.6) is 5.75 Å². The average molecular weight is 290 g/mol. The molecule has 1 aromatic carbocycles. The van der Waals surface area contributed by atoms with E-state index in [0.717, 1.165) is 44.5 Å². The molecule has 0 aromatic heterocycles. The van der Waals surface area contributed by atoms with Gasteiger partial charge in [-0.2, -0.15) is 0 Å². The Balaban J connectivity index is 1.52. The van der Waals surface area contributed by atoms with Gasteiger partial charge in [-0.3, -0.25) is 4.79 Å². The van der Waals surface area contributed by atoms with E-state index in [0.29, 0.717) is 12.5 Å². The molecule has 1 N–H and O–H groups in total. The third-order valence-corrected chi connectivity index (χ3v) is 4.64. The van der Waals surface area contributed by atoms with E-state index in [9.17, 15) is 4.79 Å². The normalized spacial score (nSPS) is 28.5. The molecule has 1 aliphatic carbocycles. The molecule has 1 heterocycles. The van der Waals surface area contributed by atoms with Crippen molar-refractivity contribution >= 4 is 5.97 Å². The summed E-state index contributed by atoms with van der Waals surface area (Å²) in [5, 5.41) is 9.01. The van der Waals surface area contributed by atoms with Crippen LogP contribution in [0, 0.1) is 5.92 Å². The zero-order chi connectivity index (χ0) is 14.7. The minimum absolute atomic E-state index is 0.173. The van der Waals surface area contributed by atoms with Crippen LogP contribution in [0.25, 0.3) is 0 Å². The predicted molar refractivity (Wildman–Crippen MR) is 78.6 cm³/mol. The summed E-state index contributed by atoms with van der Waals surface area (Å²) in [7, 11) is 0. The fourth-order valence-corrected chi connectivity index (χ4v) is 3.32. The molecule has 0 amide bonds. The highest BCUT2D eigenvalue weighted by molar-refractivity contribution is 5.70. The molecule has 4 heteroatoms. The van der Waals surface area contributed by atoms with Crippen molar-refractivity contribution in [3.05, 3.63) is 29.8 Å². The van der Waals surface area contributed by atoms with E-state index in [2.05, 4.69) is 6.07 Å². The van der Waals surface area contributed by atoms with Crippen LogP contribution in [-0.4, -0.2) is 30.4 Å². The van der Waals surface area contributed by atoms with Crippen LogP contribution in [0.15, 0.2) is 24.3 Å². The molecule has 1 fully saturated rings. The third-order valence-electron chi connectivity index (χ3n) is 4.64. The van der Waals surface area contributed by atoms with Crippen LogP contribution in [0.4, 0.5) is 0 Å². The van der Waals surface area contributed by atoms with Crippen molar-refractivity contribution in [3.63, 3.8) is 0 Å². The SMILES string of the molecule is O=C(O)C1CCC(OCC2CCOc3ccccc32)CC1. The number of carbonyl (C=O) groups is 1. The molecule has 21 heavy (non-hydrogen) atoms. The van der Waals surface area contributed by atoms with Gasteiger partial charge in [-0.05, 0) is 43.7 Å². The van der Waals surface area contributed by atoms with Gasteiger partial charge < -0.3 is 14.6 Å². The quantitative estimate of drug-likeness (QED) is 0.925. The van der Waals surface area contributed by atoms with Crippen LogP contribution in [0.3, 0.4) is 0 Å². The van der Waals surface area contributed by atoms with Crippen LogP contribution in [0.2, 0.25) is 0 Å². The Bertz CT molecular complexity index is 491. The van der Waals surface area contributed by atoms with Gasteiger partial charge in [0.1, 0.15) is 5.75 Å². The molecular weight excluding hydrogens is 268 g/mol. The Labute approximate surface area is 125 Å². The van der Waals surface area contributed by atoms with E-state index in [-0.39, 0.29) is 12.0 Å². The lowest BCUT2D eigenvalue weighted by atomic mass is 9.87. The number of para-hydroxylation sites is 1. The fourth-order valence-electron chi connectivity index (χ4n) is 3.32. The molecule has 0 saturated heterocycles. The maximum atomic E-state index is 10.9. The maximum absolute atomic E-state index is 10.9. The zero-order valence-electron chi connectivity index (χ0n) is 12.2. The van der Waals surface area contributed by atoms with E-state index in [1.807, 2.05) is 18.2 Å². The summed E-state index contributed by atoms with van der Waals surface area (Å²) in [6.45, 7) is 1.46. The first-order valence-electron chi connectivity index (χ1n) is 7.80. The summed E-state index contributed by atoms with van der Waals surface area (Å²) in [6.07, 6.45) is 4.41. The molecule has 1 unspecified atom stereocenters. The lowest BCUT2D eigenvalue weighted by Gasteiger charge is -2.30. The third kappa shape index (κ3) is 3.38. The second kappa shape index (κ2) is 6.48. The van der Waals surface area contributed by atoms with E-state index in [4.69, 9.17) is 14.6 Å². The molecular formula is C17H22O4. The van der Waals surface area contributed by atoms with E-state index < -0.39 is 5.97 Å². The first-order chi connectivity index (χ1) is 10.2. The first-order valence-corrected chi connectivity index (χ1v) is 7.80. The highest BCUT2D eigenvalue weighted by atomic mass is 16.5. The predicted octanol–water partition coefficient (Wildman–Crippen LogP) is 3.21. The van der Waals surface area contributed by atoms with Gasteiger partial charge in [0.05, 0.1) is 25.2 Å². The number of carboxylic acids is 1. The number of carboxylic acid groups (broad SMARTS) is 1. The molecule has 3 rings (SSSR count). The largest absolute Gasteiger partial charge is 0.493 e. The highest BCUT2D eigenvalue weighted by Crippen LogP contribution is 2.34. The second-order valence-corrected chi connectivity index (χ2v) is 6.02. The van der Waals surface area contributed by atoms with Crippen LogP contribution in [0.1, 0.15) is 43.6 Å². The number of hydrogen-bond acceptors (Lipinski definition) is 3.